The fourth-order valence-electron chi connectivity index (χ4n) is 4.28. The summed E-state index contributed by atoms with van der Waals surface area (Å²) in [6.07, 6.45) is 9.35. The summed E-state index contributed by atoms with van der Waals surface area (Å²) in [5.74, 6) is 2.13. The predicted molar refractivity (Wildman–Crippen MR) is 125 cm³/mol. The molecule has 5 heterocycles. The van der Waals surface area contributed by atoms with E-state index < -0.39 is 0 Å². The van der Waals surface area contributed by atoms with Gasteiger partial charge in [0.1, 0.15) is 17.5 Å². The van der Waals surface area contributed by atoms with Crippen LogP contribution in [0.1, 0.15) is 30.4 Å². The molecule has 1 atom stereocenters. The third kappa shape index (κ3) is 4.40. The molecule has 0 spiro atoms. The van der Waals surface area contributed by atoms with Gasteiger partial charge in [0, 0.05) is 25.8 Å². The van der Waals surface area contributed by atoms with E-state index in [0.717, 1.165) is 68.6 Å². The SMILES string of the molecule is N=C(/C=C\c1ncc(-c2cccc(N3CCOCC3)n2)[nH]1)N1CCCC1c1ccccn1. The maximum Gasteiger partial charge on any atom is 0.130 e. The van der Waals surface area contributed by atoms with Crippen molar-refractivity contribution in [3.8, 4) is 11.4 Å². The second-order valence-corrected chi connectivity index (χ2v) is 7.99. The summed E-state index contributed by atoms with van der Waals surface area (Å²) in [6.45, 7) is 4.03. The number of H-pyrrole nitrogens is 1. The minimum Gasteiger partial charge on any atom is -0.378 e. The first-order chi connectivity index (χ1) is 15.8. The number of amidine groups is 1. The minimum atomic E-state index is 0.160. The van der Waals surface area contributed by atoms with Crippen LogP contribution >= 0.6 is 0 Å². The van der Waals surface area contributed by atoms with Gasteiger partial charge in [0.15, 0.2) is 0 Å². The zero-order valence-electron chi connectivity index (χ0n) is 17.9. The molecule has 0 saturated carbocycles. The van der Waals surface area contributed by atoms with E-state index in [0.29, 0.717) is 11.7 Å². The first kappa shape index (κ1) is 20.4. The highest BCUT2D eigenvalue weighted by molar-refractivity contribution is 5.94. The number of imidazole rings is 1. The number of nitrogens with zero attached hydrogens (tertiary/aromatic N) is 5. The van der Waals surface area contributed by atoms with E-state index in [1.807, 2.05) is 48.7 Å². The number of aromatic amines is 1. The topological polar surface area (TPSA) is 94.0 Å². The van der Waals surface area contributed by atoms with Crippen LogP contribution in [0.5, 0.6) is 0 Å². The molecule has 32 heavy (non-hydrogen) atoms. The molecule has 0 radical (unpaired) electrons. The van der Waals surface area contributed by atoms with Crippen LogP contribution < -0.4 is 4.90 Å². The monoisotopic (exact) mass is 429 g/mol. The van der Waals surface area contributed by atoms with Gasteiger partial charge in [-0.05, 0) is 49.3 Å². The molecule has 0 bridgehead atoms. The zero-order chi connectivity index (χ0) is 21.8. The molecular formula is C24H27N7O. The van der Waals surface area contributed by atoms with Gasteiger partial charge in [0.25, 0.3) is 0 Å². The van der Waals surface area contributed by atoms with Crippen molar-refractivity contribution in [2.24, 2.45) is 0 Å². The number of ether oxygens (including phenoxy) is 1. The van der Waals surface area contributed by atoms with E-state index in [4.69, 9.17) is 15.1 Å². The van der Waals surface area contributed by atoms with Crippen molar-refractivity contribution in [1.82, 2.24) is 24.8 Å². The Morgan fingerprint density at radius 2 is 2.00 bits per heavy atom. The summed E-state index contributed by atoms with van der Waals surface area (Å²) < 4.78 is 5.44. The summed E-state index contributed by atoms with van der Waals surface area (Å²) in [5.41, 5.74) is 2.74. The fraction of sp³-hybridized carbons (Fsp3) is 0.333. The van der Waals surface area contributed by atoms with Crippen LogP contribution in [-0.2, 0) is 4.74 Å². The lowest BCUT2D eigenvalue weighted by Gasteiger charge is -2.27. The molecule has 2 saturated heterocycles. The van der Waals surface area contributed by atoms with Gasteiger partial charge < -0.3 is 19.5 Å². The molecule has 2 fully saturated rings. The van der Waals surface area contributed by atoms with Gasteiger partial charge in [-0.1, -0.05) is 12.1 Å². The summed E-state index contributed by atoms with van der Waals surface area (Å²) in [7, 11) is 0. The molecule has 2 N–H and O–H groups in total. The van der Waals surface area contributed by atoms with E-state index >= 15 is 0 Å². The van der Waals surface area contributed by atoms with E-state index in [-0.39, 0.29) is 6.04 Å². The van der Waals surface area contributed by atoms with Crippen LogP contribution in [-0.4, -0.2) is 63.5 Å². The number of anilines is 1. The summed E-state index contributed by atoms with van der Waals surface area (Å²) >= 11 is 0. The molecule has 0 aromatic carbocycles. The first-order valence-electron chi connectivity index (χ1n) is 11.1. The zero-order valence-corrected chi connectivity index (χ0v) is 17.9. The number of hydrogen-bond donors (Lipinski definition) is 2. The van der Waals surface area contributed by atoms with Crippen molar-refractivity contribution in [2.45, 2.75) is 18.9 Å². The second kappa shape index (κ2) is 9.32. The molecule has 5 rings (SSSR count). The number of morpholine rings is 1. The lowest BCUT2D eigenvalue weighted by atomic mass is 10.1. The van der Waals surface area contributed by atoms with Gasteiger partial charge in [0.2, 0.25) is 0 Å². The summed E-state index contributed by atoms with van der Waals surface area (Å²) in [6, 6.07) is 12.2. The first-order valence-corrected chi connectivity index (χ1v) is 11.1. The Morgan fingerprint density at radius 3 is 2.84 bits per heavy atom. The van der Waals surface area contributed by atoms with Gasteiger partial charge >= 0.3 is 0 Å². The molecule has 3 aromatic rings. The molecule has 164 valence electrons. The standard InChI is InChI=1S/C24H27N7O/c25-22(31-12-4-7-21(31)19-5-1-2-11-26-19)9-10-23-27-17-20(28-23)18-6-3-8-24(29-18)30-13-15-32-16-14-30/h1-3,5-6,8-11,17,21,25H,4,7,12-16H2,(H,27,28)/b10-9-,25-22?. The highest BCUT2D eigenvalue weighted by Gasteiger charge is 2.27. The molecule has 8 nitrogen and oxygen atoms in total. The Morgan fingerprint density at radius 1 is 1.09 bits per heavy atom. The van der Waals surface area contributed by atoms with E-state index in [9.17, 15) is 0 Å². The van der Waals surface area contributed by atoms with Crippen molar-refractivity contribution in [1.29, 1.82) is 5.41 Å². The molecule has 2 aliphatic heterocycles. The van der Waals surface area contributed by atoms with Crippen molar-refractivity contribution in [2.75, 3.05) is 37.7 Å². The number of hydrogen-bond acceptors (Lipinski definition) is 6. The van der Waals surface area contributed by atoms with Gasteiger partial charge in [-0.25, -0.2) is 9.97 Å². The van der Waals surface area contributed by atoms with Crippen LogP contribution in [0.2, 0.25) is 0 Å². The molecule has 2 aliphatic rings. The molecule has 0 aliphatic carbocycles. The Bertz CT molecular complexity index is 1090. The average molecular weight is 430 g/mol. The van der Waals surface area contributed by atoms with Crippen molar-refractivity contribution < 1.29 is 4.74 Å². The molecular weight excluding hydrogens is 402 g/mol. The largest absolute Gasteiger partial charge is 0.378 e. The third-order valence-electron chi connectivity index (χ3n) is 5.93. The number of pyridine rings is 2. The normalized spacial score (nSPS) is 19.1. The Hall–Kier alpha value is -3.52. The molecule has 1 unspecified atom stereocenters. The predicted octanol–water partition coefficient (Wildman–Crippen LogP) is 3.53. The highest BCUT2D eigenvalue weighted by Crippen LogP contribution is 2.31. The quantitative estimate of drug-likeness (QED) is 0.476. The molecule has 0 amide bonds. The smallest absolute Gasteiger partial charge is 0.130 e. The highest BCUT2D eigenvalue weighted by atomic mass is 16.5. The lowest BCUT2D eigenvalue weighted by molar-refractivity contribution is 0.122. The van der Waals surface area contributed by atoms with E-state index in [1.165, 1.54) is 0 Å². The van der Waals surface area contributed by atoms with Crippen LogP contribution in [0, 0.1) is 5.41 Å². The number of likely N-dealkylation sites (tertiary alicyclic amines) is 1. The number of aromatic nitrogens is 4. The van der Waals surface area contributed by atoms with E-state index in [2.05, 4.69) is 24.8 Å². The second-order valence-electron chi connectivity index (χ2n) is 7.99. The number of rotatable bonds is 5. The maximum atomic E-state index is 8.57. The number of nitrogens with one attached hydrogen (secondary N) is 2. The average Bonchev–Trinajstić information content (AvgIpc) is 3.54. The van der Waals surface area contributed by atoms with E-state index in [1.54, 1.807) is 12.3 Å². The van der Waals surface area contributed by atoms with Gasteiger partial charge in [-0.15, -0.1) is 0 Å². The van der Waals surface area contributed by atoms with Crippen LogP contribution in [0.3, 0.4) is 0 Å². The van der Waals surface area contributed by atoms with Crippen LogP contribution in [0.25, 0.3) is 17.5 Å². The Kier molecular flexibility index (Phi) is 5.93. The lowest BCUT2D eigenvalue weighted by Crippen LogP contribution is -2.36. The van der Waals surface area contributed by atoms with Crippen molar-refractivity contribution in [3.05, 3.63) is 66.4 Å². The Labute approximate surface area is 187 Å². The van der Waals surface area contributed by atoms with Crippen molar-refractivity contribution >= 4 is 17.7 Å². The minimum absolute atomic E-state index is 0.160. The van der Waals surface area contributed by atoms with Crippen molar-refractivity contribution in [3.63, 3.8) is 0 Å². The summed E-state index contributed by atoms with van der Waals surface area (Å²) in [4.78, 5) is 21.4. The fourth-order valence-corrected chi connectivity index (χ4v) is 4.28. The molecule has 8 heteroatoms. The van der Waals surface area contributed by atoms with Crippen LogP contribution in [0.4, 0.5) is 5.82 Å². The summed E-state index contributed by atoms with van der Waals surface area (Å²) in [5, 5.41) is 8.57. The Balaban J connectivity index is 1.27. The van der Waals surface area contributed by atoms with Gasteiger partial charge in [0.05, 0.1) is 42.5 Å². The van der Waals surface area contributed by atoms with Gasteiger partial charge in [-0.2, -0.15) is 0 Å². The maximum absolute atomic E-state index is 8.57. The van der Waals surface area contributed by atoms with Gasteiger partial charge in [-0.3, -0.25) is 10.4 Å². The van der Waals surface area contributed by atoms with Crippen LogP contribution in [0.15, 0.2) is 54.9 Å². The molecule has 3 aromatic heterocycles. The third-order valence-corrected chi connectivity index (χ3v) is 5.93.